The Morgan fingerprint density at radius 3 is 2.42 bits per heavy atom. The van der Waals surface area contributed by atoms with E-state index in [9.17, 15) is 23.3 Å². The first-order chi connectivity index (χ1) is 17.1. The molecule has 0 unspecified atom stereocenters. The van der Waals surface area contributed by atoms with Crippen LogP contribution in [0.4, 0.5) is 11.4 Å². The molecule has 1 amide bonds. The van der Waals surface area contributed by atoms with Crippen LogP contribution in [0.2, 0.25) is 5.02 Å². The second-order valence-corrected chi connectivity index (χ2v) is 11.1. The average Bonchev–Trinajstić information content (AvgIpc) is 2.85. The molecule has 1 heterocycles. The standard InChI is InChI=1S/C24H19ClN2O7S2/c1-33-20-4-3-5-21(34-2)16(20)13-36(31,32)15-7-9-18-22(12-15)35-23(24(28)26-18)11-14-6-8-17(25)19(10-14)27(29)30/h3-12H,13H2,1-2H3,(H,26,28). The van der Waals surface area contributed by atoms with Gasteiger partial charge in [0.1, 0.15) is 16.5 Å². The molecule has 0 radical (unpaired) electrons. The highest BCUT2D eigenvalue weighted by atomic mass is 35.5. The maximum Gasteiger partial charge on any atom is 0.288 e. The van der Waals surface area contributed by atoms with Gasteiger partial charge in [-0.2, -0.15) is 0 Å². The number of halogens is 1. The molecule has 0 atom stereocenters. The van der Waals surface area contributed by atoms with Crippen molar-refractivity contribution in [3.8, 4) is 11.5 Å². The molecule has 0 saturated heterocycles. The van der Waals surface area contributed by atoms with Crippen molar-refractivity contribution in [1.29, 1.82) is 0 Å². The minimum atomic E-state index is -3.82. The van der Waals surface area contributed by atoms with Gasteiger partial charge in [0, 0.05) is 11.0 Å². The quantitative estimate of drug-likeness (QED) is 0.240. The first-order valence-corrected chi connectivity index (χ1v) is 13.2. The molecular formula is C24H19ClN2O7S2. The summed E-state index contributed by atoms with van der Waals surface area (Å²) in [4.78, 5) is 24.0. The van der Waals surface area contributed by atoms with Crippen LogP contribution in [-0.2, 0) is 20.4 Å². The van der Waals surface area contributed by atoms with E-state index < -0.39 is 20.7 Å². The van der Waals surface area contributed by atoms with Gasteiger partial charge in [0.25, 0.3) is 11.6 Å². The van der Waals surface area contributed by atoms with E-state index in [1.807, 2.05) is 0 Å². The summed E-state index contributed by atoms with van der Waals surface area (Å²) in [6.07, 6.45) is 1.48. The predicted octanol–water partition coefficient (Wildman–Crippen LogP) is 5.32. The molecule has 3 aromatic rings. The van der Waals surface area contributed by atoms with Crippen molar-refractivity contribution < 1.29 is 27.6 Å². The van der Waals surface area contributed by atoms with Crippen LogP contribution in [0.3, 0.4) is 0 Å². The van der Waals surface area contributed by atoms with E-state index in [2.05, 4.69) is 5.32 Å². The summed E-state index contributed by atoms with van der Waals surface area (Å²) in [6.45, 7) is 0. The van der Waals surface area contributed by atoms with Gasteiger partial charge >= 0.3 is 0 Å². The van der Waals surface area contributed by atoms with Gasteiger partial charge < -0.3 is 14.8 Å². The summed E-state index contributed by atoms with van der Waals surface area (Å²) in [7, 11) is -0.916. The number of nitrogens with zero attached hydrogens (tertiary/aromatic N) is 1. The van der Waals surface area contributed by atoms with Crippen LogP contribution in [0.25, 0.3) is 6.08 Å². The van der Waals surface area contributed by atoms with Crippen LogP contribution in [0, 0.1) is 10.1 Å². The molecule has 0 saturated carbocycles. The Hall–Kier alpha value is -3.54. The number of nitro benzene ring substituents is 1. The van der Waals surface area contributed by atoms with Crippen LogP contribution in [0.15, 0.2) is 69.3 Å². The van der Waals surface area contributed by atoms with E-state index in [0.29, 0.717) is 33.2 Å². The van der Waals surface area contributed by atoms with Gasteiger partial charge in [0.2, 0.25) is 0 Å². The Balaban J connectivity index is 1.67. The number of rotatable bonds is 7. The molecule has 0 aromatic heterocycles. The predicted molar refractivity (Wildman–Crippen MR) is 137 cm³/mol. The molecule has 1 N–H and O–H groups in total. The largest absolute Gasteiger partial charge is 0.496 e. The highest BCUT2D eigenvalue weighted by Crippen LogP contribution is 2.41. The number of sulfone groups is 1. The number of fused-ring (bicyclic) bond motifs is 1. The third-order valence-electron chi connectivity index (χ3n) is 5.33. The Kier molecular flexibility index (Phi) is 7.25. The number of hydrogen-bond donors (Lipinski definition) is 1. The second-order valence-electron chi connectivity index (χ2n) is 7.59. The van der Waals surface area contributed by atoms with Crippen LogP contribution in [0.5, 0.6) is 11.5 Å². The van der Waals surface area contributed by atoms with E-state index in [1.165, 1.54) is 50.6 Å². The van der Waals surface area contributed by atoms with Crippen molar-refractivity contribution in [2.24, 2.45) is 0 Å². The van der Waals surface area contributed by atoms with Gasteiger partial charge in [-0.15, -0.1) is 0 Å². The van der Waals surface area contributed by atoms with Gasteiger partial charge in [0.15, 0.2) is 9.84 Å². The summed E-state index contributed by atoms with van der Waals surface area (Å²) in [5.74, 6) is 0.00622. The van der Waals surface area contributed by atoms with Crippen molar-refractivity contribution in [2.75, 3.05) is 19.5 Å². The zero-order valence-corrected chi connectivity index (χ0v) is 21.4. The average molecular weight is 547 g/mol. The fourth-order valence-electron chi connectivity index (χ4n) is 3.58. The molecule has 0 bridgehead atoms. The second kappa shape index (κ2) is 10.2. The number of carbonyl (C=O) groups is 1. The van der Waals surface area contributed by atoms with Crippen molar-refractivity contribution >= 4 is 56.6 Å². The maximum atomic E-state index is 13.3. The summed E-state index contributed by atoms with van der Waals surface area (Å²) in [5, 5.41) is 13.9. The third-order valence-corrected chi connectivity index (χ3v) is 8.37. The monoisotopic (exact) mass is 546 g/mol. The van der Waals surface area contributed by atoms with E-state index in [4.69, 9.17) is 21.1 Å². The van der Waals surface area contributed by atoms with E-state index in [0.717, 1.165) is 11.8 Å². The van der Waals surface area contributed by atoms with Crippen molar-refractivity contribution in [3.63, 3.8) is 0 Å². The molecule has 3 aromatic carbocycles. The molecule has 1 aliphatic rings. The highest BCUT2D eigenvalue weighted by Gasteiger charge is 2.26. The molecule has 0 fully saturated rings. The minimum absolute atomic E-state index is 0.0187. The summed E-state index contributed by atoms with van der Waals surface area (Å²) >= 11 is 6.93. The lowest BCUT2D eigenvalue weighted by atomic mass is 10.2. The number of thioether (sulfide) groups is 1. The van der Waals surface area contributed by atoms with Crippen LogP contribution in [-0.4, -0.2) is 33.5 Å². The van der Waals surface area contributed by atoms with Gasteiger partial charge in [-0.3, -0.25) is 14.9 Å². The van der Waals surface area contributed by atoms with Crippen LogP contribution < -0.4 is 14.8 Å². The molecule has 36 heavy (non-hydrogen) atoms. The summed E-state index contributed by atoms with van der Waals surface area (Å²) < 4.78 is 37.2. The number of anilines is 1. The van der Waals surface area contributed by atoms with Gasteiger partial charge in [-0.25, -0.2) is 8.42 Å². The lowest BCUT2D eigenvalue weighted by Gasteiger charge is -2.20. The Labute approximate surface area is 216 Å². The number of amides is 1. The Morgan fingerprint density at radius 2 is 1.78 bits per heavy atom. The molecular weight excluding hydrogens is 528 g/mol. The minimum Gasteiger partial charge on any atom is -0.496 e. The zero-order chi connectivity index (χ0) is 26.0. The summed E-state index contributed by atoms with van der Waals surface area (Å²) in [5.41, 5.74) is 0.969. The summed E-state index contributed by atoms with van der Waals surface area (Å²) in [6, 6.07) is 13.6. The number of nitrogens with one attached hydrogen (secondary N) is 1. The van der Waals surface area contributed by atoms with Crippen molar-refractivity contribution in [2.45, 2.75) is 15.5 Å². The number of hydrogen-bond acceptors (Lipinski definition) is 8. The van der Waals surface area contributed by atoms with E-state index in [1.54, 1.807) is 24.3 Å². The topological polar surface area (TPSA) is 125 Å². The van der Waals surface area contributed by atoms with Crippen molar-refractivity contribution in [1.82, 2.24) is 0 Å². The van der Waals surface area contributed by atoms with E-state index >= 15 is 0 Å². The molecule has 12 heteroatoms. The molecule has 4 rings (SSSR count). The normalized spacial score (nSPS) is 14.2. The number of methoxy groups -OCH3 is 2. The van der Waals surface area contributed by atoms with Crippen molar-refractivity contribution in [3.05, 3.63) is 85.8 Å². The number of ether oxygens (including phenoxy) is 2. The Bertz CT molecular complexity index is 1500. The van der Waals surface area contributed by atoms with Gasteiger partial charge in [0.05, 0.1) is 45.9 Å². The third kappa shape index (κ3) is 5.18. The fourth-order valence-corrected chi connectivity index (χ4v) is 6.24. The van der Waals surface area contributed by atoms with Crippen LogP contribution >= 0.6 is 23.4 Å². The number of nitro groups is 1. The first kappa shape index (κ1) is 25.5. The van der Waals surface area contributed by atoms with Gasteiger partial charge in [-0.1, -0.05) is 35.5 Å². The first-order valence-electron chi connectivity index (χ1n) is 10.3. The molecule has 186 valence electrons. The smallest absolute Gasteiger partial charge is 0.288 e. The molecule has 0 spiro atoms. The lowest BCUT2D eigenvalue weighted by molar-refractivity contribution is -0.384. The van der Waals surface area contributed by atoms with Crippen LogP contribution in [0.1, 0.15) is 11.1 Å². The SMILES string of the molecule is COc1cccc(OC)c1CS(=O)(=O)c1ccc2c(c1)SC(=Cc1ccc(Cl)c([N+](=O)[O-])c1)C(=O)N2. The fraction of sp³-hybridized carbons (Fsp3) is 0.125. The van der Waals surface area contributed by atoms with E-state index in [-0.39, 0.29) is 26.3 Å². The zero-order valence-electron chi connectivity index (χ0n) is 19.0. The number of benzene rings is 3. The highest BCUT2D eigenvalue weighted by molar-refractivity contribution is 8.04. The Morgan fingerprint density at radius 1 is 1.08 bits per heavy atom. The lowest BCUT2D eigenvalue weighted by Crippen LogP contribution is -2.17. The molecule has 1 aliphatic heterocycles. The maximum absolute atomic E-state index is 13.3. The molecule has 0 aliphatic carbocycles. The van der Waals surface area contributed by atoms with Gasteiger partial charge in [-0.05, 0) is 48.0 Å². The number of carbonyl (C=O) groups excluding carboxylic acids is 1. The molecule has 9 nitrogen and oxygen atoms in total.